The normalized spacial score (nSPS) is 11.8. The third-order valence-electron chi connectivity index (χ3n) is 4.19. The van der Waals surface area contributed by atoms with E-state index in [2.05, 4.69) is 23.7 Å². The Bertz CT molecular complexity index is 940. The maximum Gasteiger partial charge on any atom is 0.294 e. The number of anilines is 1. The summed E-state index contributed by atoms with van der Waals surface area (Å²) in [6, 6.07) is 14.6. The summed E-state index contributed by atoms with van der Waals surface area (Å²) in [4.78, 5) is 5.37. The lowest BCUT2D eigenvalue weighted by Gasteiger charge is -2.24. The molecule has 0 unspecified atom stereocenters. The number of rotatable bonds is 5. The third-order valence-corrected chi connectivity index (χ3v) is 5.04. The Morgan fingerprint density at radius 3 is 2.38 bits per heavy atom. The van der Waals surface area contributed by atoms with Gasteiger partial charge in [0.2, 0.25) is 0 Å². The minimum atomic E-state index is -4.25. The molecule has 5 nitrogen and oxygen atoms in total. The highest BCUT2D eigenvalue weighted by Gasteiger charge is 2.17. The van der Waals surface area contributed by atoms with E-state index in [0.29, 0.717) is 0 Å². The second-order valence-corrected chi connectivity index (χ2v) is 7.02. The Hall–Kier alpha value is -2.31. The monoisotopic (exact) mass is 344 g/mol. The van der Waals surface area contributed by atoms with Crippen LogP contribution in [-0.4, -0.2) is 31.0 Å². The van der Waals surface area contributed by atoms with E-state index in [1.807, 2.05) is 30.3 Å². The minimum absolute atomic E-state index is 0.105. The van der Waals surface area contributed by atoms with Gasteiger partial charge in [0.1, 0.15) is 0 Å². The summed E-state index contributed by atoms with van der Waals surface area (Å²) < 4.78 is 32.5. The number of aromatic amines is 1. The van der Waals surface area contributed by atoms with Crippen LogP contribution in [0, 0.1) is 0 Å². The second kappa shape index (κ2) is 6.30. The number of para-hydroxylation sites is 1. The van der Waals surface area contributed by atoms with Crippen LogP contribution in [0.1, 0.15) is 13.8 Å². The van der Waals surface area contributed by atoms with Gasteiger partial charge in [0, 0.05) is 40.9 Å². The molecule has 0 aliphatic heterocycles. The minimum Gasteiger partial charge on any atom is -0.372 e. The standard InChI is InChI=1S/C18H20N2O3S/c1-3-20(4-2)18-10-9-14(24(21,22)23)12-15(18)17-11-13-7-5-6-8-16(13)19-17/h5-12,19H,3-4H2,1-2H3,(H,21,22,23). The average molecular weight is 344 g/mol. The summed E-state index contributed by atoms with van der Waals surface area (Å²) >= 11 is 0. The van der Waals surface area contributed by atoms with E-state index in [1.165, 1.54) is 12.1 Å². The average Bonchev–Trinajstić information content (AvgIpc) is 2.99. The van der Waals surface area contributed by atoms with Crippen molar-refractivity contribution < 1.29 is 13.0 Å². The molecule has 1 aromatic heterocycles. The molecule has 2 N–H and O–H groups in total. The Morgan fingerprint density at radius 1 is 1.04 bits per heavy atom. The molecule has 1 heterocycles. The highest BCUT2D eigenvalue weighted by molar-refractivity contribution is 7.85. The number of fused-ring (bicyclic) bond motifs is 1. The van der Waals surface area contributed by atoms with Gasteiger partial charge in [0.25, 0.3) is 10.1 Å². The van der Waals surface area contributed by atoms with Gasteiger partial charge in [-0.2, -0.15) is 8.42 Å². The molecule has 24 heavy (non-hydrogen) atoms. The molecule has 2 aromatic carbocycles. The van der Waals surface area contributed by atoms with Gasteiger partial charge in [-0.25, -0.2) is 0 Å². The van der Waals surface area contributed by atoms with Crippen molar-refractivity contribution in [2.24, 2.45) is 0 Å². The molecule has 0 aliphatic carbocycles. The van der Waals surface area contributed by atoms with Crippen molar-refractivity contribution in [3.63, 3.8) is 0 Å². The number of aromatic nitrogens is 1. The highest BCUT2D eigenvalue weighted by Crippen LogP contribution is 2.34. The molecule has 0 saturated carbocycles. The molecule has 0 amide bonds. The summed E-state index contributed by atoms with van der Waals surface area (Å²) in [5, 5.41) is 1.05. The lowest BCUT2D eigenvalue weighted by atomic mass is 10.1. The van der Waals surface area contributed by atoms with Crippen LogP contribution in [0.25, 0.3) is 22.2 Å². The fraction of sp³-hybridized carbons (Fsp3) is 0.222. The molecule has 6 heteroatoms. The van der Waals surface area contributed by atoms with Crippen LogP contribution in [0.5, 0.6) is 0 Å². The van der Waals surface area contributed by atoms with Crippen molar-refractivity contribution >= 4 is 26.7 Å². The smallest absolute Gasteiger partial charge is 0.294 e. The summed E-state index contributed by atoms with van der Waals surface area (Å²) in [5.41, 5.74) is 3.49. The zero-order chi connectivity index (χ0) is 17.3. The molecule has 0 spiro atoms. The van der Waals surface area contributed by atoms with Crippen molar-refractivity contribution in [3.05, 3.63) is 48.5 Å². The third kappa shape index (κ3) is 3.02. The summed E-state index contributed by atoms with van der Waals surface area (Å²) in [7, 11) is -4.25. The molecule has 0 fully saturated rings. The van der Waals surface area contributed by atoms with Gasteiger partial charge in [-0.3, -0.25) is 4.55 Å². The number of benzene rings is 2. The fourth-order valence-corrected chi connectivity index (χ4v) is 3.46. The Labute approximate surface area is 141 Å². The number of hydrogen-bond donors (Lipinski definition) is 2. The van der Waals surface area contributed by atoms with Crippen LogP contribution < -0.4 is 4.90 Å². The molecule has 126 valence electrons. The topological polar surface area (TPSA) is 73.4 Å². The van der Waals surface area contributed by atoms with Crippen LogP contribution in [0.2, 0.25) is 0 Å². The fourth-order valence-electron chi connectivity index (χ4n) is 2.95. The molecule has 0 aliphatic rings. The lowest BCUT2D eigenvalue weighted by Crippen LogP contribution is -2.22. The van der Waals surface area contributed by atoms with Crippen molar-refractivity contribution in [1.82, 2.24) is 4.98 Å². The van der Waals surface area contributed by atoms with Crippen LogP contribution in [-0.2, 0) is 10.1 Å². The predicted octanol–water partition coefficient (Wildman–Crippen LogP) is 3.93. The Kier molecular flexibility index (Phi) is 4.34. The maximum atomic E-state index is 11.5. The van der Waals surface area contributed by atoms with Crippen molar-refractivity contribution in [2.75, 3.05) is 18.0 Å². The number of nitrogens with one attached hydrogen (secondary N) is 1. The first kappa shape index (κ1) is 16.5. The van der Waals surface area contributed by atoms with Crippen molar-refractivity contribution in [2.45, 2.75) is 18.7 Å². The molecule has 3 rings (SSSR count). The molecular weight excluding hydrogens is 324 g/mol. The lowest BCUT2D eigenvalue weighted by molar-refractivity contribution is 0.483. The molecule has 0 bridgehead atoms. The highest BCUT2D eigenvalue weighted by atomic mass is 32.2. The van der Waals surface area contributed by atoms with Crippen LogP contribution in [0.3, 0.4) is 0 Å². The van der Waals surface area contributed by atoms with E-state index in [0.717, 1.165) is 40.9 Å². The van der Waals surface area contributed by atoms with E-state index in [-0.39, 0.29) is 4.90 Å². The van der Waals surface area contributed by atoms with Crippen LogP contribution >= 0.6 is 0 Å². The van der Waals surface area contributed by atoms with E-state index in [4.69, 9.17) is 0 Å². The van der Waals surface area contributed by atoms with Crippen molar-refractivity contribution in [3.8, 4) is 11.3 Å². The van der Waals surface area contributed by atoms with Crippen LogP contribution in [0.4, 0.5) is 5.69 Å². The molecule has 0 saturated heterocycles. The predicted molar refractivity (Wildman–Crippen MR) is 97.1 cm³/mol. The van der Waals surface area contributed by atoms with Crippen molar-refractivity contribution in [1.29, 1.82) is 0 Å². The van der Waals surface area contributed by atoms with E-state index in [1.54, 1.807) is 6.07 Å². The van der Waals surface area contributed by atoms with Gasteiger partial charge >= 0.3 is 0 Å². The second-order valence-electron chi connectivity index (χ2n) is 5.60. The largest absolute Gasteiger partial charge is 0.372 e. The zero-order valence-corrected chi connectivity index (χ0v) is 14.5. The SMILES string of the molecule is CCN(CC)c1ccc(S(=O)(=O)O)cc1-c1cc2ccccc2[nH]1. The Balaban J connectivity index is 2.25. The molecule has 3 aromatic rings. The first-order chi connectivity index (χ1) is 11.4. The van der Waals surface area contributed by atoms with Gasteiger partial charge < -0.3 is 9.88 Å². The summed E-state index contributed by atoms with van der Waals surface area (Å²) in [6.45, 7) is 5.70. The summed E-state index contributed by atoms with van der Waals surface area (Å²) in [6.07, 6.45) is 0. The Morgan fingerprint density at radius 2 is 1.75 bits per heavy atom. The van der Waals surface area contributed by atoms with E-state index >= 15 is 0 Å². The van der Waals surface area contributed by atoms with Gasteiger partial charge in [-0.1, -0.05) is 18.2 Å². The van der Waals surface area contributed by atoms with Gasteiger partial charge in [-0.15, -0.1) is 0 Å². The van der Waals surface area contributed by atoms with E-state index in [9.17, 15) is 13.0 Å². The molecule has 0 atom stereocenters. The number of nitrogens with zero attached hydrogens (tertiary/aromatic N) is 1. The zero-order valence-electron chi connectivity index (χ0n) is 13.7. The van der Waals surface area contributed by atoms with E-state index < -0.39 is 10.1 Å². The van der Waals surface area contributed by atoms with Gasteiger partial charge in [-0.05, 0) is 44.2 Å². The number of hydrogen-bond acceptors (Lipinski definition) is 3. The van der Waals surface area contributed by atoms with Gasteiger partial charge in [0.15, 0.2) is 0 Å². The first-order valence-electron chi connectivity index (χ1n) is 7.88. The van der Waals surface area contributed by atoms with Crippen LogP contribution in [0.15, 0.2) is 53.4 Å². The number of H-pyrrole nitrogens is 1. The first-order valence-corrected chi connectivity index (χ1v) is 9.32. The van der Waals surface area contributed by atoms with Gasteiger partial charge in [0.05, 0.1) is 4.90 Å². The maximum absolute atomic E-state index is 11.5. The quantitative estimate of drug-likeness (QED) is 0.688. The molecule has 0 radical (unpaired) electrons. The molecular formula is C18H20N2O3S. The summed E-state index contributed by atoms with van der Waals surface area (Å²) in [5.74, 6) is 0.